The molecule has 1 atom stereocenters. The third-order valence-electron chi connectivity index (χ3n) is 3.69. The van der Waals surface area contributed by atoms with Crippen LogP contribution in [0.3, 0.4) is 0 Å². The molecule has 0 bridgehead atoms. The maximum Gasteiger partial charge on any atom is 0.285 e. The van der Waals surface area contributed by atoms with Gasteiger partial charge in [-0.3, -0.25) is 14.9 Å². The summed E-state index contributed by atoms with van der Waals surface area (Å²) in [5.74, 6) is -0.778. The van der Waals surface area contributed by atoms with Crippen molar-refractivity contribution in [2.24, 2.45) is 5.92 Å². The monoisotopic (exact) mass is 295 g/mol. The Balaban J connectivity index is 2.21. The van der Waals surface area contributed by atoms with Crippen LogP contribution in [0.1, 0.15) is 23.2 Å². The number of nitrogens with one attached hydrogen (secondary N) is 1. The van der Waals surface area contributed by atoms with Crippen LogP contribution in [0.15, 0.2) is 18.2 Å². The molecule has 2 rings (SSSR count). The molecule has 1 aliphatic rings. The molecule has 1 aromatic rings. The Bertz CT molecular complexity index is 548. The SMILES string of the molecule is CNCC1CCCN(C(=O)c2ccc(F)cc2[N+](=O)[O-])C1. The minimum Gasteiger partial charge on any atom is -0.338 e. The summed E-state index contributed by atoms with van der Waals surface area (Å²) in [5, 5.41) is 14.1. The first kappa shape index (κ1) is 15.4. The van der Waals surface area contributed by atoms with Crippen LogP contribution in [0.2, 0.25) is 0 Å². The lowest BCUT2D eigenvalue weighted by atomic mass is 9.97. The van der Waals surface area contributed by atoms with Gasteiger partial charge in [0, 0.05) is 13.1 Å². The molecule has 0 spiro atoms. The van der Waals surface area contributed by atoms with Gasteiger partial charge in [0.1, 0.15) is 11.4 Å². The Morgan fingerprint density at radius 2 is 2.33 bits per heavy atom. The number of hydrogen-bond donors (Lipinski definition) is 1. The number of carbonyl (C=O) groups excluding carboxylic acids is 1. The van der Waals surface area contributed by atoms with Gasteiger partial charge in [-0.05, 0) is 44.5 Å². The van der Waals surface area contributed by atoms with E-state index >= 15 is 0 Å². The van der Waals surface area contributed by atoms with Gasteiger partial charge >= 0.3 is 0 Å². The van der Waals surface area contributed by atoms with Gasteiger partial charge in [0.2, 0.25) is 0 Å². The third-order valence-corrected chi connectivity index (χ3v) is 3.69. The average Bonchev–Trinajstić information content (AvgIpc) is 2.47. The normalized spacial score (nSPS) is 18.6. The van der Waals surface area contributed by atoms with Gasteiger partial charge in [-0.25, -0.2) is 4.39 Å². The lowest BCUT2D eigenvalue weighted by Gasteiger charge is -2.32. The number of benzene rings is 1. The summed E-state index contributed by atoms with van der Waals surface area (Å²) in [6, 6.07) is 3.06. The maximum atomic E-state index is 13.1. The molecule has 1 aliphatic heterocycles. The zero-order valence-electron chi connectivity index (χ0n) is 11.8. The Morgan fingerprint density at radius 3 is 3.00 bits per heavy atom. The van der Waals surface area contributed by atoms with E-state index < -0.39 is 22.3 Å². The van der Waals surface area contributed by atoms with Gasteiger partial charge < -0.3 is 10.2 Å². The van der Waals surface area contributed by atoms with E-state index in [1.165, 1.54) is 6.07 Å². The predicted molar refractivity (Wildman–Crippen MR) is 75.6 cm³/mol. The van der Waals surface area contributed by atoms with Crippen LogP contribution in [0.4, 0.5) is 10.1 Å². The van der Waals surface area contributed by atoms with Crippen LogP contribution in [0.25, 0.3) is 0 Å². The van der Waals surface area contributed by atoms with Crippen LogP contribution >= 0.6 is 0 Å². The number of amides is 1. The van der Waals surface area contributed by atoms with E-state index in [1.54, 1.807) is 4.90 Å². The molecule has 114 valence electrons. The standard InChI is InChI=1S/C14H18FN3O3/c1-16-8-10-3-2-6-17(9-10)14(19)12-5-4-11(15)7-13(12)18(20)21/h4-5,7,10,16H,2-3,6,8-9H2,1H3. The number of nitro benzene ring substituents is 1. The van der Waals surface area contributed by atoms with Crippen molar-refractivity contribution >= 4 is 11.6 Å². The highest BCUT2D eigenvalue weighted by molar-refractivity contribution is 5.98. The van der Waals surface area contributed by atoms with Crippen molar-refractivity contribution in [3.8, 4) is 0 Å². The van der Waals surface area contributed by atoms with Crippen molar-refractivity contribution < 1.29 is 14.1 Å². The van der Waals surface area contributed by atoms with E-state index in [-0.39, 0.29) is 5.56 Å². The van der Waals surface area contributed by atoms with E-state index in [0.717, 1.165) is 31.5 Å². The molecule has 1 fully saturated rings. The molecule has 0 saturated carbocycles. The summed E-state index contributed by atoms with van der Waals surface area (Å²) in [4.78, 5) is 24.4. The molecule has 1 saturated heterocycles. The molecule has 21 heavy (non-hydrogen) atoms. The number of carbonyl (C=O) groups is 1. The van der Waals surface area contributed by atoms with Crippen LogP contribution in [-0.4, -0.2) is 42.4 Å². The Hall–Kier alpha value is -2.02. The molecule has 0 aromatic heterocycles. The molecular formula is C14H18FN3O3. The molecule has 1 amide bonds. The fourth-order valence-corrected chi connectivity index (χ4v) is 2.71. The van der Waals surface area contributed by atoms with Gasteiger partial charge in [-0.2, -0.15) is 0 Å². The molecule has 7 heteroatoms. The zero-order chi connectivity index (χ0) is 15.4. The third kappa shape index (κ3) is 3.55. The van der Waals surface area contributed by atoms with Gasteiger partial charge in [0.05, 0.1) is 11.0 Å². The van der Waals surface area contributed by atoms with Crippen LogP contribution in [0.5, 0.6) is 0 Å². The van der Waals surface area contributed by atoms with Crippen molar-refractivity contribution in [2.45, 2.75) is 12.8 Å². The highest BCUT2D eigenvalue weighted by Gasteiger charge is 2.28. The fraction of sp³-hybridized carbons (Fsp3) is 0.500. The molecule has 0 radical (unpaired) electrons. The van der Waals surface area contributed by atoms with Crippen LogP contribution < -0.4 is 5.32 Å². The summed E-state index contributed by atoms with van der Waals surface area (Å²) in [5.41, 5.74) is -0.526. The van der Waals surface area contributed by atoms with Crippen molar-refractivity contribution in [1.82, 2.24) is 10.2 Å². The topological polar surface area (TPSA) is 75.5 Å². The Morgan fingerprint density at radius 1 is 1.57 bits per heavy atom. The quantitative estimate of drug-likeness (QED) is 0.679. The van der Waals surface area contributed by atoms with E-state index in [2.05, 4.69) is 5.32 Å². The number of rotatable bonds is 4. The summed E-state index contributed by atoms with van der Waals surface area (Å²) in [7, 11) is 1.85. The predicted octanol–water partition coefficient (Wildman–Crippen LogP) is 1.81. The number of likely N-dealkylation sites (tertiary alicyclic amines) is 1. The van der Waals surface area contributed by atoms with E-state index in [9.17, 15) is 19.3 Å². The molecule has 1 heterocycles. The van der Waals surface area contributed by atoms with E-state index in [1.807, 2.05) is 7.05 Å². The van der Waals surface area contributed by atoms with Gasteiger partial charge in [-0.1, -0.05) is 0 Å². The van der Waals surface area contributed by atoms with Crippen molar-refractivity contribution in [2.75, 3.05) is 26.7 Å². The molecule has 1 aromatic carbocycles. The first-order chi connectivity index (χ1) is 10.0. The van der Waals surface area contributed by atoms with Crippen LogP contribution in [0, 0.1) is 21.8 Å². The molecule has 1 N–H and O–H groups in total. The summed E-state index contributed by atoms with van der Waals surface area (Å²) in [6.45, 7) is 1.94. The smallest absolute Gasteiger partial charge is 0.285 e. The zero-order valence-corrected chi connectivity index (χ0v) is 11.8. The summed E-state index contributed by atoms with van der Waals surface area (Å²) in [6.07, 6.45) is 1.89. The number of nitrogens with zero attached hydrogens (tertiary/aromatic N) is 2. The first-order valence-corrected chi connectivity index (χ1v) is 6.90. The Labute approximate surface area is 122 Å². The minimum absolute atomic E-state index is 0.0495. The fourth-order valence-electron chi connectivity index (χ4n) is 2.71. The van der Waals surface area contributed by atoms with Crippen molar-refractivity contribution in [3.05, 3.63) is 39.7 Å². The molecule has 0 aliphatic carbocycles. The second-order valence-electron chi connectivity index (χ2n) is 5.24. The average molecular weight is 295 g/mol. The largest absolute Gasteiger partial charge is 0.338 e. The second kappa shape index (κ2) is 6.62. The molecule has 6 nitrogen and oxygen atoms in total. The summed E-state index contributed by atoms with van der Waals surface area (Å²) >= 11 is 0. The first-order valence-electron chi connectivity index (χ1n) is 6.90. The highest BCUT2D eigenvalue weighted by atomic mass is 19.1. The molecule has 1 unspecified atom stereocenters. The minimum atomic E-state index is -0.718. The van der Waals surface area contributed by atoms with Crippen molar-refractivity contribution in [1.29, 1.82) is 0 Å². The maximum absolute atomic E-state index is 13.1. The van der Waals surface area contributed by atoms with Gasteiger partial charge in [0.15, 0.2) is 0 Å². The number of halogens is 1. The Kier molecular flexibility index (Phi) is 4.85. The number of hydrogen-bond acceptors (Lipinski definition) is 4. The lowest BCUT2D eigenvalue weighted by molar-refractivity contribution is -0.385. The summed E-state index contributed by atoms with van der Waals surface area (Å²) < 4.78 is 13.1. The number of nitro groups is 1. The lowest BCUT2D eigenvalue weighted by Crippen LogP contribution is -2.42. The van der Waals surface area contributed by atoms with Gasteiger partial charge in [-0.15, -0.1) is 0 Å². The van der Waals surface area contributed by atoms with Crippen LogP contribution in [-0.2, 0) is 0 Å². The van der Waals surface area contributed by atoms with Crippen molar-refractivity contribution in [3.63, 3.8) is 0 Å². The van der Waals surface area contributed by atoms with Gasteiger partial charge in [0.25, 0.3) is 11.6 Å². The second-order valence-corrected chi connectivity index (χ2v) is 5.24. The molecular weight excluding hydrogens is 277 g/mol. The van der Waals surface area contributed by atoms with E-state index in [0.29, 0.717) is 19.0 Å². The highest BCUT2D eigenvalue weighted by Crippen LogP contribution is 2.24. The number of piperidine rings is 1. The van der Waals surface area contributed by atoms with E-state index in [4.69, 9.17) is 0 Å².